The Hall–Kier alpha value is -2.86. The molecule has 21 heavy (non-hydrogen) atoms. The van der Waals surface area contributed by atoms with E-state index in [1.54, 1.807) is 36.4 Å². The van der Waals surface area contributed by atoms with E-state index in [4.69, 9.17) is 4.74 Å². The molecule has 4 rings (SSSR count). The molecule has 0 fully saturated rings. The second-order valence-corrected chi connectivity index (χ2v) is 4.86. The lowest BCUT2D eigenvalue weighted by atomic mass is 10.0. The van der Waals surface area contributed by atoms with Crippen LogP contribution in [0, 0.1) is 0 Å². The zero-order valence-electron chi connectivity index (χ0n) is 10.8. The number of amides is 2. The zero-order chi connectivity index (χ0) is 14.4. The average Bonchev–Trinajstić information content (AvgIpc) is 2.68. The van der Waals surface area contributed by atoms with Gasteiger partial charge in [0.25, 0.3) is 17.5 Å². The van der Waals surface area contributed by atoms with E-state index in [0.29, 0.717) is 22.6 Å². The zero-order valence-corrected chi connectivity index (χ0v) is 10.8. The van der Waals surface area contributed by atoms with E-state index in [0.717, 1.165) is 0 Å². The predicted molar refractivity (Wildman–Crippen MR) is 74.4 cm³/mol. The summed E-state index contributed by atoms with van der Waals surface area (Å²) in [4.78, 5) is 24.5. The van der Waals surface area contributed by atoms with E-state index < -0.39 is 5.72 Å². The lowest BCUT2D eigenvalue weighted by molar-refractivity contribution is -0.134. The van der Waals surface area contributed by atoms with Crippen molar-refractivity contribution in [2.24, 2.45) is 0 Å². The molecule has 104 valence electrons. The summed E-state index contributed by atoms with van der Waals surface area (Å²) in [6.07, 6.45) is 0. The molecule has 2 aliphatic rings. The Morgan fingerprint density at radius 2 is 1.71 bits per heavy atom. The third-order valence-electron chi connectivity index (χ3n) is 3.62. The van der Waals surface area contributed by atoms with Crippen LogP contribution >= 0.6 is 0 Å². The molecular formula is C15H11N3O3. The summed E-state index contributed by atoms with van der Waals surface area (Å²) in [5.41, 5.74) is 5.46. The van der Waals surface area contributed by atoms with Crippen LogP contribution in [0.15, 0.2) is 48.5 Å². The van der Waals surface area contributed by atoms with Crippen molar-refractivity contribution in [3.8, 4) is 5.75 Å². The maximum atomic E-state index is 12.4. The Bertz CT molecular complexity index is 774. The fraction of sp³-hybridized carbons (Fsp3) is 0.0667. The van der Waals surface area contributed by atoms with Gasteiger partial charge in [0.2, 0.25) is 0 Å². The third-order valence-corrected chi connectivity index (χ3v) is 3.62. The quantitative estimate of drug-likeness (QED) is 0.676. The largest absolute Gasteiger partial charge is 0.456 e. The van der Waals surface area contributed by atoms with E-state index in [2.05, 4.69) is 16.2 Å². The fourth-order valence-corrected chi connectivity index (χ4v) is 2.60. The van der Waals surface area contributed by atoms with Crippen molar-refractivity contribution in [1.29, 1.82) is 0 Å². The van der Waals surface area contributed by atoms with Crippen molar-refractivity contribution >= 4 is 17.5 Å². The monoisotopic (exact) mass is 281 g/mol. The standard InChI is InChI=1S/C15H11N3O3/c19-13-9-5-1-4-8-12(9)21-15(18-17-13)10-6-2-3-7-11(10)16-14(15)20/h1-8,18H,(H,16,20)(H,17,19). The Kier molecular flexibility index (Phi) is 2.31. The maximum Gasteiger partial charge on any atom is 0.291 e. The Balaban J connectivity index is 1.91. The van der Waals surface area contributed by atoms with Crippen molar-refractivity contribution < 1.29 is 14.3 Å². The van der Waals surface area contributed by atoms with Gasteiger partial charge >= 0.3 is 0 Å². The molecule has 1 spiro atoms. The number of carbonyl (C=O) groups is 2. The number of anilines is 1. The summed E-state index contributed by atoms with van der Waals surface area (Å²) in [7, 11) is 0. The molecule has 2 aromatic carbocycles. The van der Waals surface area contributed by atoms with Crippen molar-refractivity contribution in [2.45, 2.75) is 5.72 Å². The molecule has 0 saturated carbocycles. The Labute approximate surface area is 120 Å². The highest BCUT2D eigenvalue weighted by Crippen LogP contribution is 2.39. The fourth-order valence-electron chi connectivity index (χ4n) is 2.60. The second kappa shape index (κ2) is 4.07. The van der Waals surface area contributed by atoms with Crippen LogP contribution in [0.4, 0.5) is 5.69 Å². The van der Waals surface area contributed by atoms with Gasteiger partial charge in [-0.3, -0.25) is 15.0 Å². The van der Waals surface area contributed by atoms with Crippen molar-refractivity contribution in [3.63, 3.8) is 0 Å². The number of hydrogen-bond donors (Lipinski definition) is 3. The van der Waals surface area contributed by atoms with Gasteiger partial charge in [-0.2, -0.15) is 5.43 Å². The Morgan fingerprint density at radius 1 is 0.952 bits per heavy atom. The summed E-state index contributed by atoms with van der Waals surface area (Å²) < 4.78 is 5.91. The summed E-state index contributed by atoms with van der Waals surface area (Å²) in [6, 6.07) is 14.0. The minimum absolute atomic E-state index is 0.348. The van der Waals surface area contributed by atoms with Crippen LogP contribution in [0.2, 0.25) is 0 Å². The van der Waals surface area contributed by atoms with Gasteiger partial charge in [-0.1, -0.05) is 30.3 Å². The van der Waals surface area contributed by atoms with Crippen LogP contribution in [0.5, 0.6) is 5.75 Å². The minimum atomic E-state index is -1.46. The summed E-state index contributed by atoms with van der Waals surface area (Å²) in [5, 5.41) is 2.75. The van der Waals surface area contributed by atoms with E-state index in [1.165, 1.54) is 0 Å². The van der Waals surface area contributed by atoms with Gasteiger partial charge < -0.3 is 10.1 Å². The topological polar surface area (TPSA) is 79.5 Å². The molecular weight excluding hydrogens is 270 g/mol. The van der Waals surface area contributed by atoms with Crippen LogP contribution in [-0.4, -0.2) is 11.8 Å². The molecule has 2 amide bonds. The van der Waals surface area contributed by atoms with Gasteiger partial charge in [0.15, 0.2) is 0 Å². The van der Waals surface area contributed by atoms with E-state index in [9.17, 15) is 9.59 Å². The first-order valence-electron chi connectivity index (χ1n) is 6.47. The van der Waals surface area contributed by atoms with Crippen LogP contribution < -0.4 is 20.9 Å². The van der Waals surface area contributed by atoms with Crippen LogP contribution in [0.3, 0.4) is 0 Å². The lowest BCUT2D eigenvalue weighted by Gasteiger charge is -2.27. The molecule has 6 heteroatoms. The summed E-state index contributed by atoms with van der Waals surface area (Å²) >= 11 is 0. The number of hydrazine groups is 1. The number of para-hydroxylation sites is 2. The summed E-state index contributed by atoms with van der Waals surface area (Å²) in [6.45, 7) is 0. The van der Waals surface area contributed by atoms with E-state index in [-0.39, 0.29) is 11.8 Å². The molecule has 2 heterocycles. The van der Waals surface area contributed by atoms with Gasteiger partial charge in [0, 0.05) is 5.56 Å². The molecule has 2 aromatic rings. The normalized spacial score (nSPS) is 22.7. The number of ether oxygens (including phenoxy) is 1. The van der Waals surface area contributed by atoms with Gasteiger partial charge in [-0.25, -0.2) is 0 Å². The van der Waals surface area contributed by atoms with E-state index >= 15 is 0 Å². The first-order chi connectivity index (χ1) is 10.2. The highest BCUT2D eigenvalue weighted by molar-refractivity contribution is 6.06. The molecule has 0 aliphatic carbocycles. The highest BCUT2D eigenvalue weighted by atomic mass is 16.5. The number of hydrogen-bond acceptors (Lipinski definition) is 4. The molecule has 0 radical (unpaired) electrons. The van der Waals surface area contributed by atoms with Crippen molar-refractivity contribution in [1.82, 2.24) is 10.9 Å². The molecule has 1 unspecified atom stereocenters. The first kappa shape index (κ1) is 11.9. The molecule has 2 aliphatic heterocycles. The minimum Gasteiger partial charge on any atom is -0.456 e. The molecule has 6 nitrogen and oxygen atoms in total. The number of fused-ring (bicyclic) bond motifs is 3. The number of carbonyl (C=O) groups excluding carboxylic acids is 2. The van der Waals surface area contributed by atoms with Crippen LogP contribution in [0.25, 0.3) is 0 Å². The summed E-state index contributed by atoms with van der Waals surface area (Å²) in [5.74, 6) is -0.368. The van der Waals surface area contributed by atoms with E-state index in [1.807, 2.05) is 12.1 Å². The van der Waals surface area contributed by atoms with Gasteiger partial charge in [0.05, 0.1) is 11.3 Å². The number of nitrogens with one attached hydrogen (secondary N) is 3. The third kappa shape index (κ3) is 1.56. The van der Waals surface area contributed by atoms with Crippen molar-refractivity contribution in [2.75, 3.05) is 5.32 Å². The molecule has 0 bridgehead atoms. The Morgan fingerprint density at radius 3 is 2.62 bits per heavy atom. The van der Waals surface area contributed by atoms with Gasteiger partial charge in [-0.15, -0.1) is 0 Å². The number of rotatable bonds is 0. The SMILES string of the molecule is O=C1NNC2(Oc3ccccc31)C(=O)Nc1ccccc12. The molecule has 0 saturated heterocycles. The number of benzene rings is 2. The first-order valence-corrected chi connectivity index (χ1v) is 6.47. The van der Waals surface area contributed by atoms with Crippen LogP contribution in [0.1, 0.15) is 15.9 Å². The van der Waals surface area contributed by atoms with Gasteiger partial charge in [-0.05, 0) is 18.2 Å². The smallest absolute Gasteiger partial charge is 0.291 e. The van der Waals surface area contributed by atoms with Crippen LogP contribution in [-0.2, 0) is 10.5 Å². The predicted octanol–water partition coefficient (Wildman–Crippen LogP) is 1.12. The maximum absolute atomic E-state index is 12.4. The molecule has 3 N–H and O–H groups in total. The highest BCUT2D eigenvalue weighted by Gasteiger charge is 2.51. The van der Waals surface area contributed by atoms with Gasteiger partial charge in [0.1, 0.15) is 5.75 Å². The second-order valence-electron chi connectivity index (χ2n) is 4.86. The molecule has 0 aromatic heterocycles. The molecule has 1 atom stereocenters. The lowest BCUT2D eigenvalue weighted by Crippen LogP contribution is -2.57. The average molecular weight is 281 g/mol. The van der Waals surface area contributed by atoms with Crippen molar-refractivity contribution in [3.05, 3.63) is 59.7 Å².